The average Bonchev–Trinajstić information content (AvgIpc) is 2.49. The molecular formula is C15H27N5O. The smallest absolute Gasteiger partial charge is 0.158 e. The van der Waals surface area contributed by atoms with Crippen LogP contribution in [-0.4, -0.2) is 22.6 Å². The molecule has 1 fully saturated rings. The van der Waals surface area contributed by atoms with Crippen LogP contribution < -0.4 is 16.6 Å². The molecule has 3 atom stereocenters. The summed E-state index contributed by atoms with van der Waals surface area (Å²) in [5.74, 6) is 8.94. The van der Waals surface area contributed by atoms with Gasteiger partial charge >= 0.3 is 0 Å². The topological polar surface area (TPSA) is 85.1 Å². The van der Waals surface area contributed by atoms with Crippen molar-refractivity contribution in [2.75, 3.05) is 17.3 Å². The van der Waals surface area contributed by atoms with Crippen LogP contribution in [-0.2, 0) is 11.3 Å². The summed E-state index contributed by atoms with van der Waals surface area (Å²) in [6.45, 7) is 7.63. The molecule has 4 N–H and O–H groups in total. The van der Waals surface area contributed by atoms with Gasteiger partial charge in [0.15, 0.2) is 5.82 Å². The Morgan fingerprint density at radius 1 is 1.29 bits per heavy atom. The number of nitrogens with one attached hydrogen (secondary N) is 2. The van der Waals surface area contributed by atoms with Crippen LogP contribution >= 0.6 is 0 Å². The third kappa shape index (κ3) is 4.28. The van der Waals surface area contributed by atoms with Gasteiger partial charge in [0, 0.05) is 18.7 Å². The van der Waals surface area contributed by atoms with Crippen LogP contribution in [0.3, 0.4) is 0 Å². The molecule has 0 aliphatic heterocycles. The van der Waals surface area contributed by atoms with Crippen molar-refractivity contribution in [2.24, 2.45) is 17.7 Å². The Morgan fingerprint density at radius 3 is 2.76 bits per heavy atom. The second kappa shape index (κ2) is 7.56. The largest absolute Gasteiger partial charge is 0.374 e. The lowest BCUT2D eigenvalue weighted by Gasteiger charge is -2.35. The van der Waals surface area contributed by atoms with E-state index in [4.69, 9.17) is 10.6 Å². The first kappa shape index (κ1) is 16.0. The summed E-state index contributed by atoms with van der Waals surface area (Å²) in [5, 5.41) is 3.55. The number of hydrazine groups is 1. The Hall–Kier alpha value is -1.40. The average molecular weight is 293 g/mol. The van der Waals surface area contributed by atoms with Crippen molar-refractivity contribution in [3.63, 3.8) is 0 Å². The van der Waals surface area contributed by atoms with E-state index in [1.54, 1.807) is 0 Å². The summed E-state index contributed by atoms with van der Waals surface area (Å²) in [4.78, 5) is 8.83. The van der Waals surface area contributed by atoms with Crippen LogP contribution in [0.2, 0.25) is 0 Å². The van der Waals surface area contributed by atoms with Crippen LogP contribution in [0.15, 0.2) is 6.07 Å². The maximum absolute atomic E-state index is 5.49. The van der Waals surface area contributed by atoms with Gasteiger partial charge in [0.1, 0.15) is 18.2 Å². The van der Waals surface area contributed by atoms with E-state index in [0.717, 1.165) is 11.7 Å². The Bertz CT molecular complexity index is 454. The number of nitrogens with two attached hydrogens (primary N) is 1. The van der Waals surface area contributed by atoms with E-state index < -0.39 is 0 Å². The summed E-state index contributed by atoms with van der Waals surface area (Å²) >= 11 is 0. The molecule has 1 saturated carbocycles. The molecule has 21 heavy (non-hydrogen) atoms. The summed E-state index contributed by atoms with van der Waals surface area (Å²) < 4.78 is 5.38. The molecule has 1 heterocycles. The highest BCUT2D eigenvalue weighted by molar-refractivity contribution is 5.47. The van der Waals surface area contributed by atoms with Crippen molar-refractivity contribution in [3.8, 4) is 0 Å². The monoisotopic (exact) mass is 293 g/mol. The Balaban J connectivity index is 2.10. The van der Waals surface area contributed by atoms with Crippen molar-refractivity contribution in [1.82, 2.24) is 9.97 Å². The fraction of sp³-hybridized carbons (Fsp3) is 0.733. The lowest BCUT2D eigenvalue weighted by Crippen LogP contribution is -2.35. The highest BCUT2D eigenvalue weighted by atomic mass is 16.5. The van der Waals surface area contributed by atoms with Gasteiger partial charge < -0.3 is 15.5 Å². The highest BCUT2D eigenvalue weighted by Crippen LogP contribution is 2.31. The molecule has 0 amide bonds. The molecule has 118 valence electrons. The molecule has 0 bridgehead atoms. The first-order valence-corrected chi connectivity index (χ1v) is 7.83. The van der Waals surface area contributed by atoms with Crippen molar-refractivity contribution < 1.29 is 4.74 Å². The molecule has 2 rings (SSSR count). The number of ether oxygens (including phenoxy) is 1. The number of nitrogen functional groups attached to an aromatic ring is 1. The number of rotatable bonds is 6. The van der Waals surface area contributed by atoms with Gasteiger partial charge in [-0.3, -0.25) is 0 Å². The molecule has 3 unspecified atom stereocenters. The Kier molecular flexibility index (Phi) is 5.76. The van der Waals surface area contributed by atoms with Crippen molar-refractivity contribution >= 4 is 11.6 Å². The minimum Gasteiger partial charge on any atom is -0.374 e. The molecule has 0 saturated heterocycles. The quantitative estimate of drug-likeness (QED) is 0.552. The van der Waals surface area contributed by atoms with E-state index in [-0.39, 0.29) is 0 Å². The molecule has 0 aromatic carbocycles. The highest BCUT2D eigenvalue weighted by Gasteiger charge is 2.27. The van der Waals surface area contributed by atoms with Gasteiger partial charge in [0.05, 0.1) is 0 Å². The van der Waals surface area contributed by atoms with E-state index in [9.17, 15) is 0 Å². The van der Waals surface area contributed by atoms with Crippen LogP contribution in [0.4, 0.5) is 11.6 Å². The molecule has 0 spiro atoms. The summed E-state index contributed by atoms with van der Waals surface area (Å²) in [7, 11) is 0. The minimum absolute atomic E-state index is 0.400. The fourth-order valence-electron chi connectivity index (χ4n) is 2.88. The zero-order valence-electron chi connectivity index (χ0n) is 13.2. The Labute approximate surface area is 126 Å². The van der Waals surface area contributed by atoms with Crippen LogP contribution in [0.5, 0.6) is 0 Å². The third-order valence-electron chi connectivity index (χ3n) is 4.40. The first-order chi connectivity index (χ1) is 10.1. The second-order valence-electron chi connectivity index (χ2n) is 5.85. The van der Waals surface area contributed by atoms with E-state index in [1.807, 2.05) is 13.0 Å². The number of hydrogen-bond donors (Lipinski definition) is 3. The third-order valence-corrected chi connectivity index (χ3v) is 4.40. The van der Waals surface area contributed by atoms with Gasteiger partial charge in [-0.15, -0.1) is 0 Å². The summed E-state index contributed by atoms with van der Waals surface area (Å²) in [6.07, 6.45) is 3.76. The lowest BCUT2D eigenvalue weighted by molar-refractivity contribution is 0.128. The standard InChI is InChI=1S/C15H27N5O/c1-4-21-9-15-18-13(8-14(19-15)20-16)17-12-7-5-6-10(2)11(12)3/h8,10-12H,4-7,9,16H2,1-3H3,(H2,17,18,19,20). The zero-order valence-corrected chi connectivity index (χ0v) is 13.2. The first-order valence-electron chi connectivity index (χ1n) is 7.83. The number of nitrogens with zero attached hydrogens (tertiary/aromatic N) is 2. The molecule has 0 radical (unpaired) electrons. The second-order valence-corrected chi connectivity index (χ2v) is 5.85. The van der Waals surface area contributed by atoms with Crippen LogP contribution in [0, 0.1) is 11.8 Å². The van der Waals surface area contributed by atoms with Gasteiger partial charge in [-0.2, -0.15) is 0 Å². The van der Waals surface area contributed by atoms with Crippen LogP contribution in [0.25, 0.3) is 0 Å². The predicted octanol–water partition coefficient (Wildman–Crippen LogP) is 2.54. The van der Waals surface area contributed by atoms with E-state index in [2.05, 4.69) is 34.6 Å². The number of anilines is 2. The molecule has 1 aliphatic rings. The van der Waals surface area contributed by atoms with E-state index in [0.29, 0.717) is 36.8 Å². The zero-order chi connectivity index (χ0) is 15.2. The molecule has 6 nitrogen and oxygen atoms in total. The van der Waals surface area contributed by atoms with Gasteiger partial charge in [-0.1, -0.05) is 26.7 Å². The van der Waals surface area contributed by atoms with Crippen molar-refractivity contribution in [3.05, 3.63) is 11.9 Å². The molecule has 1 aromatic rings. The summed E-state index contributed by atoms with van der Waals surface area (Å²) in [6, 6.07) is 2.30. The molecule has 1 aliphatic carbocycles. The van der Waals surface area contributed by atoms with E-state index >= 15 is 0 Å². The number of hydrogen-bond acceptors (Lipinski definition) is 6. The number of aromatic nitrogens is 2. The van der Waals surface area contributed by atoms with Crippen LogP contribution in [0.1, 0.15) is 45.9 Å². The molecular weight excluding hydrogens is 266 g/mol. The van der Waals surface area contributed by atoms with Gasteiger partial charge in [0.2, 0.25) is 0 Å². The van der Waals surface area contributed by atoms with E-state index in [1.165, 1.54) is 19.3 Å². The molecule has 1 aromatic heterocycles. The predicted molar refractivity (Wildman–Crippen MR) is 84.8 cm³/mol. The fourth-order valence-corrected chi connectivity index (χ4v) is 2.88. The SMILES string of the molecule is CCOCc1nc(NN)cc(NC2CCCC(C)C2C)n1. The minimum atomic E-state index is 0.400. The van der Waals surface area contributed by atoms with Gasteiger partial charge in [-0.25, -0.2) is 15.8 Å². The van der Waals surface area contributed by atoms with Gasteiger partial charge in [-0.05, 0) is 25.2 Å². The maximum atomic E-state index is 5.49. The molecule has 6 heteroatoms. The normalized spacial score (nSPS) is 25.6. The Morgan fingerprint density at radius 2 is 2.05 bits per heavy atom. The maximum Gasteiger partial charge on any atom is 0.158 e. The van der Waals surface area contributed by atoms with Crippen molar-refractivity contribution in [2.45, 2.75) is 52.7 Å². The van der Waals surface area contributed by atoms with Crippen molar-refractivity contribution in [1.29, 1.82) is 0 Å². The lowest BCUT2D eigenvalue weighted by atomic mass is 9.78. The van der Waals surface area contributed by atoms with Gasteiger partial charge in [0.25, 0.3) is 0 Å². The summed E-state index contributed by atoms with van der Waals surface area (Å²) in [5.41, 5.74) is 2.59.